The fourth-order valence-electron chi connectivity index (χ4n) is 2.29. The Morgan fingerprint density at radius 1 is 1.50 bits per heavy atom. The Morgan fingerprint density at radius 3 is 2.88 bits per heavy atom. The van der Waals surface area contributed by atoms with Gasteiger partial charge in [0.05, 0.1) is 12.5 Å². The molecule has 3 atom stereocenters. The second kappa shape index (κ2) is 4.78. The maximum absolute atomic E-state index is 11.7. The smallest absolute Gasteiger partial charge is 0.312 e. The first-order valence-corrected chi connectivity index (χ1v) is 5.70. The van der Waals surface area contributed by atoms with Crippen molar-refractivity contribution in [2.75, 3.05) is 13.4 Å². The third-order valence-corrected chi connectivity index (χ3v) is 3.12. The van der Waals surface area contributed by atoms with Crippen molar-refractivity contribution in [3.63, 3.8) is 0 Å². The Morgan fingerprint density at radius 2 is 2.31 bits per heavy atom. The molecular weight excluding hydrogens is 208 g/mol. The van der Waals surface area contributed by atoms with Gasteiger partial charge in [-0.25, -0.2) is 0 Å². The van der Waals surface area contributed by atoms with Crippen molar-refractivity contribution in [1.29, 1.82) is 0 Å². The van der Waals surface area contributed by atoms with E-state index in [1.165, 1.54) is 0 Å². The maximum atomic E-state index is 11.7. The molecular formula is C12H16O4. The van der Waals surface area contributed by atoms with Crippen molar-refractivity contribution in [2.24, 2.45) is 17.8 Å². The molecule has 0 aliphatic heterocycles. The van der Waals surface area contributed by atoms with Gasteiger partial charge in [-0.2, -0.15) is 0 Å². The van der Waals surface area contributed by atoms with Crippen LogP contribution >= 0.6 is 0 Å². The van der Waals surface area contributed by atoms with E-state index in [2.05, 4.69) is 0 Å². The summed E-state index contributed by atoms with van der Waals surface area (Å²) in [4.78, 5) is 23.2. The zero-order valence-corrected chi connectivity index (χ0v) is 9.35. The van der Waals surface area contributed by atoms with Gasteiger partial charge in [-0.1, -0.05) is 19.1 Å². The number of ether oxygens (including phenoxy) is 2. The molecule has 0 heterocycles. The number of esters is 1. The Balaban J connectivity index is 1.79. The summed E-state index contributed by atoms with van der Waals surface area (Å²) in [7, 11) is 0. The number of ketones is 1. The van der Waals surface area contributed by atoms with Crippen LogP contribution in [0.5, 0.6) is 0 Å². The third kappa shape index (κ3) is 2.02. The molecule has 0 spiro atoms. The standard InChI is InChI=1S/C12H16O4/c1-2-5-15-7-16-12(14)10-6-8-3-4-9(10)11(8)13/h3-4,8-10H,2,5-7H2,1H3. The van der Waals surface area contributed by atoms with E-state index >= 15 is 0 Å². The number of rotatable bonds is 5. The van der Waals surface area contributed by atoms with E-state index in [1.807, 2.05) is 19.1 Å². The van der Waals surface area contributed by atoms with Crippen molar-refractivity contribution in [3.8, 4) is 0 Å². The lowest BCUT2D eigenvalue weighted by atomic mass is 9.94. The molecule has 4 heteroatoms. The summed E-state index contributed by atoms with van der Waals surface area (Å²) >= 11 is 0. The van der Waals surface area contributed by atoms with E-state index in [1.54, 1.807) is 0 Å². The lowest BCUT2D eigenvalue weighted by molar-refractivity contribution is -0.162. The molecule has 0 aromatic heterocycles. The number of hydrogen-bond donors (Lipinski definition) is 0. The van der Waals surface area contributed by atoms with Gasteiger partial charge in [0.15, 0.2) is 6.79 Å². The summed E-state index contributed by atoms with van der Waals surface area (Å²) < 4.78 is 10.1. The predicted octanol–water partition coefficient (Wildman–Crippen LogP) is 1.30. The molecule has 0 saturated heterocycles. The Hall–Kier alpha value is -1.16. The van der Waals surface area contributed by atoms with Gasteiger partial charge in [-0.15, -0.1) is 0 Å². The summed E-state index contributed by atoms with van der Waals surface area (Å²) in [6.45, 7) is 2.57. The fourth-order valence-corrected chi connectivity index (χ4v) is 2.29. The zero-order valence-electron chi connectivity index (χ0n) is 9.35. The number of carbonyl (C=O) groups is 2. The van der Waals surface area contributed by atoms with Crippen molar-refractivity contribution in [3.05, 3.63) is 12.2 Å². The van der Waals surface area contributed by atoms with Crippen LogP contribution in [-0.4, -0.2) is 25.2 Å². The van der Waals surface area contributed by atoms with Crippen LogP contribution in [0.1, 0.15) is 19.8 Å². The second-order valence-corrected chi connectivity index (χ2v) is 4.25. The van der Waals surface area contributed by atoms with Crippen molar-refractivity contribution in [1.82, 2.24) is 0 Å². The van der Waals surface area contributed by atoms with Crippen LogP contribution in [0, 0.1) is 17.8 Å². The summed E-state index contributed by atoms with van der Waals surface area (Å²) in [5, 5.41) is 0. The molecule has 2 rings (SSSR count). The summed E-state index contributed by atoms with van der Waals surface area (Å²) in [5.41, 5.74) is 0. The summed E-state index contributed by atoms with van der Waals surface area (Å²) in [5.74, 6) is -0.728. The Labute approximate surface area is 94.6 Å². The molecule has 0 aromatic carbocycles. The lowest BCUT2D eigenvalue weighted by Gasteiger charge is -2.15. The van der Waals surface area contributed by atoms with Crippen molar-refractivity contribution < 1.29 is 19.1 Å². The van der Waals surface area contributed by atoms with Crippen LogP contribution in [0.25, 0.3) is 0 Å². The number of carbonyl (C=O) groups excluding carboxylic acids is 2. The third-order valence-electron chi connectivity index (χ3n) is 3.12. The number of Topliss-reactive ketones (excluding diaryl/α,β-unsaturated/α-hetero) is 1. The number of allylic oxidation sites excluding steroid dienone is 2. The molecule has 3 unspecified atom stereocenters. The second-order valence-electron chi connectivity index (χ2n) is 4.25. The topological polar surface area (TPSA) is 52.6 Å². The quantitative estimate of drug-likeness (QED) is 0.306. The van der Waals surface area contributed by atoms with Crippen LogP contribution < -0.4 is 0 Å². The van der Waals surface area contributed by atoms with Gasteiger partial charge < -0.3 is 9.47 Å². The van der Waals surface area contributed by atoms with Gasteiger partial charge in [0.25, 0.3) is 0 Å². The van der Waals surface area contributed by atoms with Crippen LogP contribution in [0.4, 0.5) is 0 Å². The minimum atomic E-state index is -0.304. The number of hydrogen-bond acceptors (Lipinski definition) is 4. The van der Waals surface area contributed by atoms with Crippen LogP contribution in [0.3, 0.4) is 0 Å². The van der Waals surface area contributed by atoms with Gasteiger partial charge in [-0.05, 0) is 12.8 Å². The first-order valence-electron chi connectivity index (χ1n) is 5.70. The summed E-state index contributed by atoms with van der Waals surface area (Å²) in [6, 6.07) is 0. The molecule has 2 aliphatic carbocycles. The monoisotopic (exact) mass is 224 g/mol. The minimum absolute atomic E-state index is 0.00152. The molecule has 0 N–H and O–H groups in total. The predicted molar refractivity (Wildman–Crippen MR) is 56.4 cm³/mol. The van der Waals surface area contributed by atoms with Crippen molar-refractivity contribution in [2.45, 2.75) is 19.8 Å². The first-order chi connectivity index (χ1) is 7.74. The van der Waals surface area contributed by atoms with Crippen LogP contribution in [0.15, 0.2) is 12.2 Å². The van der Waals surface area contributed by atoms with Crippen molar-refractivity contribution >= 4 is 11.8 Å². The molecule has 16 heavy (non-hydrogen) atoms. The molecule has 2 bridgehead atoms. The van der Waals surface area contributed by atoms with Gasteiger partial charge in [0, 0.05) is 11.8 Å². The Kier molecular flexibility index (Phi) is 3.39. The zero-order chi connectivity index (χ0) is 11.5. The highest BCUT2D eigenvalue weighted by molar-refractivity contribution is 5.96. The maximum Gasteiger partial charge on any atom is 0.312 e. The number of fused-ring (bicyclic) bond motifs is 2. The van der Waals surface area contributed by atoms with E-state index in [9.17, 15) is 9.59 Å². The summed E-state index contributed by atoms with van der Waals surface area (Å²) in [6.07, 6.45) is 5.22. The SMILES string of the molecule is CCCOCOC(=O)C1CC2C=CC1C2=O. The largest absolute Gasteiger partial charge is 0.438 e. The van der Waals surface area contributed by atoms with E-state index < -0.39 is 0 Å². The van der Waals surface area contributed by atoms with Crippen LogP contribution in [-0.2, 0) is 19.1 Å². The van der Waals surface area contributed by atoms with Gasteiger partial charge in [0.2, 0.25) is 0 Å². The lowest BCUT2D eigenvalue weighted by Crippen LogP contribution is -2.24. The first kappa shape index (κ1) is 11.3. The van der Waals surface area contributed by atoms with Gasteiger partial charge in [-0.3, -0.25) is 9.59 Å². The fraction of sp³-hybridized carbons (Fsp3) is 0.667. The molecule has 4 nitrogen and oxygen atoms in total. The van der Waals surface area contributed by atoms with Gasteiger partial charge in [0.1, 0.15) is 5.78 Å². The average molecular weight is 224 g/mol. The molecule has 0 radical (unpaired) electrons. The molecule has 0 aromatic rings. The molecule has 0 amide bonds. The molecule has 1 fully saturated rings. The van der Waals surface area contributed by atoms with Gasteiger partial charge >= 0.3 is 5.97 Å². The Bertz CT molecular complexity index is 321. The highest BCUT2D eigenvalue weighted by Crippen LogP contribution is 2.40. The highest BCUT2D eigenvalue weighted by atomic mass is 16.7. The molecule has 1 saturated carbocycles. The van der Waals surface area contributed by atoms with E-state index in [-0.39, 0.29) is 36.3 Å². The van der Waals surface area contributed by atoms with Crippen LogP contribution in [0.2, 0.25) is 0 Å². The normalized spacial score (nSPS) is 31.1. The van der Waals surface area contributed by atoms with E-state index in [0.717, 1.165) is 6.42 Å². The molecule has 88 valence electrons. The van der Waals surface area contributed by atoms with E-state index in [0.29, 0.717) is 13.0 Å². The highest BCUT2D eigenvalue weighted by Gasteiger charge is 2.47. The average Bonchev–Trinajstić information content (AvgIpc) is 2.80. The minimum Gasteiger partial charge on any atom is -0.438 e. The molecule has 2 aliphatic rings. The van der Waals surface area contributed by atoms with E-state index in [4.69, 9.17) is 9.47 Å².